The molecule has 0 unspecified atom stereocenters. The Hall–Kier alpha value is -3.80. The Morgan fingerprint density at radius 3 is 2.23 bits per heavy atom. The predicted octanol–water partition coefficient (Wildman–Crippen LogP) is 3.78. The first-order valence-corrected chi connectivity index (χ1v) is 10.2. The van der Waals surface area contributed by atoms with Crippen molar-refractivity contribution in [2.24, 2.45) is 9.98 Å². The molecule has 0 atom stereocenters. The van der Waals surface area contributed by atoms with Crippen LogP contribution in [0.2, 0.25) is 0 Å². The number of aromatic amines is 1. The van der Waals surface area contributed by atoms with Crippen LogP contribution in [0.3, 0.4) is 0 Å². The van der Waals surface area contributed by atoms with E-state index >= 15 is 0 Å². The van der Waals surface area contributed by atoms with Crippen molar-refractivity contribution in [3.05, 3.63) is 71.1 Å². The van der Waals surface area contributed by atoms with Crippen LogP contribution in [0.5, 0.6) is 0 Å². The molecule has 0 aliphatic carbocycles. The largest absolute Gasteiger partial charge is 0.457 e. The third kappa shape index (κ3) is 3.06. The maximum atomic E-state index is 5.98. The number of nitrogens with zero attached hydrogens (tertiary/aromatic N) is 2. The van der Waals surface area contributed by atoms with Crippen LogP contribution in [-0.4, -0.2) is 42.8 Å². The highest BCUT2D eigenvalue weighted by Gasteiger charge is 2.11. The van der Waals surface area contributed by atoms with E-state index in [2.05, 4.69) is 68.1 Å². The molecule has 2 aliphatic heterocycles. The summed E-state index contributed by atoms with van der Waals surface area (Å²) in [5, 5.41) is 8.89. The Kier molecular flexibility index (Phi) is 3.94. The van der Waals surface area contributed by atoms with Crippen LogP contribution < -0.4 is 10.6 Å². The number of nitrogens with one attached hydrogen (secondary N) is 3. The van der Waals surface area contributed by atoms with Gasteiger partial charge in [0, 0.05) is 46.2 Å². The van der Waals surface area contributed by atoms with E-state index in [-0.39, 0.29) is 0 Å². The topological polar surface area (TPSA) is 77.7 Å². The van der Waals surface area contributed by atoms with Gasteiger partial charge in [0.1, 0.15) is 23.0 Å². The molecule has 148 valence electrons. The highest BCUT2D eigenvalue weighted by molar-refractivity contribution is 6.03. The fourth-order valence-electron chi connectivity index (χ4n) is 4.04. The zero-order chi connectivity index (χ0) is 19.9. The summed E-state index contributed by atoms with van der Waals surface area (Å²) in [5.74, 6) is 2.77. The minimum Gasteiger partial charge on any atom is -0.457 e. The smallest absolute Gasteiger partial charge is 0.134 e. The van der Waals surface area contributed by atoms with E-state index in [1.54, 1.807) is 0 Å². The number of hydrogen-bond donors (Lipinski definition) is 3. The fraction of sp³-hybridized carbons (Fsp3) is 0.167. The molecule has 0 amide bonds. The van der Waals surface area contributed by atoms with E-state index in [1.165, 1.54) is 5.39 Å². The van der Waals surface area contributed by atoms with E-state index in [9.17, 15) is 0 Å². The summed E-state index contributed by atoms with van der Waals surface area (Å²) in [5.41, 5.74) is 5.25. The fourth-order valence-corrected chi connectivity index (χ4v) is 4.04. The molecule has 6 rings (SSSR count). The molecular formula is C24H21N5O. The molecule has 6 nitrogen and oxygen atoms in total. The second-order valence-corrected chi connectivity index (χ2v) is 7.58. The molecule has 0 bridgehead atoms. The normalized spacial score (nSPS) is 16.3. The van der Waals surface area contributed by atoms with Gasteiger partial charge in [0.15, 0.2) is 0 Å². The molecule has 0 saturated heterocycles. The van der Waals surface area contributed by atoms with Crippen LogP contribution >= 0.6 is 0 Å². The van der Waals surface area contributed by atoms with Crippen molar-refractivity contribution < 1.29 is 4.42 Å². The summed E-state index contributed by atoms with van der Waals surface area (Å²) < 4.78 is 5.98. The molecule has 4 heterocycles. The van der Waals surface area contributed by atoms with Crippen molar-refractivity contribution in [2.45, 2.75) is 0 Å². The van der Waals surface area contributed by atoms with Crippen molar-refractivity contribution >= 4 is 45.7 Å². The molecule has 30 heavy (non-hydrogen) atoms. The first-order chi connectivity index (χ1) is 14.8. The van der Waals surface area contributed by atoms with Crippen molar-refractivity contribution in [2.75, 3.05) is 26.2 Å². The van der Waals surface area contributed by atoms with E-state index < -0.39 is 0 Å². The van der Waals surface area contributed by atoms with E-state index in [4.69, 9.17) is 4.42 Å². The Morgan fingerprint density at radius 1 is 0.767 bits per heavy atom. The highest BCUT2D eigenvalue weighted by atomic mass is 16.3. The Labute approximate surface area is 173 Å². The number of rotatable bonds is 4. The van der Waals surface area contributed by atoms with Gasteiger partial charge in [-0.1, -0.05) is 0 Å². The van der Waals surface area contributed by atoms with Crippen molar-refractivity contribution in [1.82, 2.24) is 15.6 Å². The first kappa shape index (κ1) is 17.1. The van der Waals surface area contributed by atoms with Crippen LogP contribution in [0.25, 0.3) is 34.0 Å². The molecule has 6 heteroatoms. The molecule has 3 N–H and O–H groups in total. The van der Waals surface area contributed by atoms with Crippen LogP contribution in [0.15, 0.2) is 62.9 Å². The Balaban J connectivity index is 1.27. The third-order valence-corrected chi connectivity index (χ3v) is 5.50. The number of fused-ring (bicyclic) bond motifs is 2. The van der Waals surface area contributed by atoms with Gasteiger partial charge in [0.2, 0.25) is 0 Å². The molecule has 0 radical (unpaired) electrons. The average Bonchev–Trinajstić information content (AvgIpc) is 3.56. The van der Waals surface area contributed by atoms with Crippen molar-refractivity contribution in [3.63, 3.8) is 0 Å². The Morgan fingerprint density at radius 2 is 1.50 bits per heavy atom. The molecule has 4 aromatic rings. The second kappa shape index (κ2) is 6.91. The van der Waals surface area contributed by atoms with Crippen molar-refractivity contribution in [3.8, 4) is 0 Å². The van der Waals surface area contributed by atoms with Gasteiger partial charge in [-0.05, 0) is 60.7 Å². The van der Waals surface area contributed by atoms with E-state index in [1.807, 2.05) is 18.2 Å². The summed E-state index contributed by atoms with van der Waals surface area (Å²) in [4.78, 5) is 12.4. The van der Waals surface area contributed by atoms with Gasteiger partial charge in [0.05, 0.1) is 13.1 Å². The lowest BCUT2D eigenvalue weighted by molar-refractivity contribution is 0.604. The Bertz CT molecular complexity index is 1250. The van der Waals surface area contributed by atoms with Gasteiger partial charge in [-0.2, -0.15) is 0 Å². The van der Waals surface area contributed by atoms with Gasteiger partial charge in [0.25, 0.3) is 0 Å². The van der Waals surface area contributed by atoms with Gasteiger partial charge in [-0.25, -0.2) is 0 Å². The van der Waals surface area contributed by atoms with Gasteiger partial charge in [-0.3, -0.25) is 9.98 Å². The van der Waals surface area contributed by atoms with Crippen LogP contribution in [-0.2, 0) is 0 Å². The number of aromatic nitrogens is 1. The average molecular weight is 395 g/mol. The number of hydrogen-bond acceptors (Lipinski definition) is 5. The summed E-state index contributed by atoms with van der Waals surface area (Å²) in [6.45, 7) is 3.50. The van der Waals surface area contributed by atoms with E-state index in [0.717, 1.165) is 76.9 Å². The third-order valence-electron chi connectivity index (χ3n) is 5.50. The lowest BCUT2D eigenvalue weighted by Gasteiger charge is -2.01. The van der Waals surface area contributed by atoms with Crippen LogP contribution in [0, 0.1) is 0 Å². The molecule has 0 saturated carbocycles. The number of aliphatic imine (C=N–C) groups is 2. The summed E-state index contributed by atoms with van der Waals surface area (Å²) in [7, 11) is 0. The van der Waals surface area contributed by atoms with Gasteiger partial charge in [-0.15, -0.1) is 0 Å². The van der Waals surface area contributed by atoms with Crippen LogP contribution in [0.4, 0.5) is 0 Å². The lowest BCUT2D eigenvalue weighted by atomic mass is 10.1. The zero-order valence-corrected chi connectivity index (χ0v) is 16.4. The monoisotopic (exact) mass is 395 g/mol. The number of benzene rings is 2. The number of H-pyrrole nitrogens is 1. The lowest BCUT2D eigenvalue weighted by Crippen LogP contribution is -2.19. The van der Waals surface area contributed by atoms with Crippen LogP contribution in [0.1, 0.15) is 22.6 Å². The maximum Gasteiger partial charge on any atom is 0.134 e. The molecule has 2 aromatic carbocycles. The molecule has 0 spiro atoms. The number of furan rings is 1. The predicted molar refractivity (Wildman–Crippen MR) is 122 cm³/mol. The highest BCUT2D eigenvalue weighted by Crippen LogP contribution is 2.24. The van der Waals surface area contributed by atoms with E-state index in [0.29, 0.717) is 0 Å². The second-order valence-electron chi connectivity index (χ2n) is 7.58. The summed E-state index contributed by atoms with van der Waals surface area (Å²) >= 11 is 0. The summed E-state index contributed by atoms with van der Waals surface area (Å²) in [6, 6.07) is 16.8. The zero-order valence-electron chi connectivity index (χ0n) is 16.4. The first-order valence-electron chi connectivity index (χ1n) is 10.2. The maximum absolute atomic E-state index is 5.98. The summed E-state index contributed by atoms with van der Waals surface area (Å²) in [6.07, 6.45) is 4.05. The minimum atomic E-state index is 0.826. The molecule has 2 aliphatic rings. The molecule has 2 aromatic heterocycles. The van der Waals surface area contributed by atoms with Gasteiger partial charge >= 0.3 is 0 Å². The quantitative estimate of drug-likeness (QED) is 0.492. The minimum absolute atomic E-state index is 0.826. The van der Waals surface area contributed by atoms with Gasteiger partial charge < -0.3 is 20.0 Å². The number of amidine groups is 2. The SMILES string of the molecule is C(=C\c1cc2cc(C3=NCCN3)ccc2o1)/c1cc2cc(C3=NCCN3)ccc2[nH]1. The van der Waals surface area contributed by atoms with Crippen molar-refractivity contribution in [1.29, 1.82) is 0 Å². The molecule has 0 fully saturated rings. The standard InChI is InChI=1S/C24H21N5O/c1-5-21-17(11-15(1)23-25-7-8-26-23)13-19(29-21)3-4-20-14-18-12-16(2-6-22(18)30-20)24-27-9-10-28-24/h1-6,11-14,29H,7-10H2,(H,25,26)(H,27,28)/b4-3+. The molecular weight excluding hydrogens is 374 g/mol.